The van der Waals surface area contributed by atoms with Gasteiger partial charge in [-0.2, -0.15) is 5.26 Å². The molecule has 0 saturated heterocycles. The summed E-state index contributed by atoms with van der Waals surface area (Å²) in [5.41, 5.74) is 1.50. The van der Waals surface area contributed by atoms with Gasteiger partial charge in [0.1, 0.15) is 22.4 Å². The van der Waals surface area contributed by atoms with Crippen molar-refractivity contribution >= 4 is 28.9 Å². The number of carbonyl (C=O) groups excluding carboxylic acids is 1. The summed E-state index contributed by atoms with van der Waals surface area (Å²) in [6, 6.07) is 14.4. The summed E-state index contributed by atoms with van der Waals surface area (Å²) in [4.78, 5) is 37.8. The monoisotopic (exact) mass is 534 g/mol. The SMILES string of the molecule is COc1ccc(-c2nc(C)c(C(=O)CSc3nc(-c4ccc(OC)c(OC)c4)c(C#N)c(=O)[nH]3)s2)cc1. The van der Waals surface area contributed by atoms with Gasteiger partial charge in [0, 0.05) is 11.1 Å². The van der Waals surface area contributed by atoms with Crippen LogP contribution in [0.1, 0.15) is 20.9 Å². The fourth-order valence-electron chi connectivity index (χ4n) is 3.53. The molecule has 0 spiro atoms. The number of benzene rings is 2. The molecule has 0 amide bonds. The maximum absolute atomic E-state index is 13.0. The lowest BCUT2D eigenvalue weighted by Gasteiger charge is -2.10. The van der Waals surface area contributed by atoms with E-state index in [0.717, 1.165) is 28.1 Å². The van der Waals surface area contributed by atoms with Crippen LogP contribution >= 0.6 is 23.1 Å². The van der Waals surface area contributed by atoms with E-state index < -0.39 is 5.56 Å². The Morgan fingerprint density at radius 1 is 1.03 bits per heavy atom. The second-order valence-electron chi connectivity index (χ2n) is 7.65. The summed E-state index contributed by atoms with van der Waals surface area (Å²) in [5, 5.41) is 10.5. The third-order valence-corrected chi connectivity index (χ3v) is 7.51. The minimum absolute atomic E-state index is 0.0330. The lowest BCUT2D eigenvalue weighted by Crippen LogP contribution is -2.15. The molecule has 37 heavy (non-hydrogen) atoms. The summed E-state index contributed by atoms with van der Waals surface area (Å²) in [6.07, 6.45) is 0. The first-order valence-electron chi connectivity index (χ1n) is 10.9. The number of hydrogen-bond donors (Lipinski definition) is 1. The highest BCUT2D eigenvalue weighted by molar-refractivity contribution is 7.99. The van der Waals surface area contributed by atoms with Gasteiger partial charge in [0.2, 0.25) is 0 Å². The predicted octanol–water partition coefficient (Wildman–Crippen LogP) is 4.74. The minimum atomic E-state index is -0.590. The van der Waals surface area contributed by atoms with Gasteiger partial charge in [-0.25, -0.2) is 9.97 Å². The van der Waals surface area contributed by atoms with Crippen LogP contribution in [0.15, 0.2) is 52.4 Å². The molecular formula is C26H22N4O5S2. The third kappa shape index (κ3) is 5.50. The molecule has 0 saturated carbocycles. The number of hydrogen-bond acceptors (Lipinski definition) is 10. The van der Waals surface area contributed by atoms with Gasteiger partial charge in [-0.3, -0.25) is 9.59 Å². The van der Waals surface area contributed by atoms with E-state index in [1.807, 2.05) is 30.3 Å². The molecule has 2 aromatic carbocycles. The van der Waals surface area contributed by atoms with Gasteiger partial charge in [0.25, 0.3) is 5.56 Å². The molecule has 0 fully saturated rings. The molecule has 0 aliphatic rings. The summed E-state index contributed by atoms with van der Waals surface area (Å²) >= 11 is 2.39. The van der Waals surface area contributed by atoms with E-state index in [1.165, 1.54) is 25.6 Å². The van der Waals surface area contributed by atoms with Crippen molar-refractivity contribution in [2.75, 3.05) is 27.1 Å². The molecule has 9 nitrogen and oxygen atoms in total. The van der Waals surface area contributed by atoms with Crippen LogP contribution in [0.4, 0.5) is 0 Å². The third-order valence-electron chi connectivity index (χ3n) is 5.39. The molecule has 4 aromatic rings. The molecule has 0 aliphatic carbocycles. The van der Waals surface area contributed by atoms with Crippen molar-refractivity contribution in [1.82, 2.24) is 15.0 Å². The van der Waals surface area contributed by atoms with Crippen molar-refractivity contribution in [3.05, 3.63) is 69.0 Å². The van der Waals surface area contributed by atoms with Gasteiger partial charge >= 0.3 is 0 Å². The summed E-state index contributed by atoms with van der Waals surface area (Å²) in [7, 11) is 4.61. The Balaban J connectivity index is 1.58. The van der Waals surface area contributed by atoms with Crippen molar-refractivity contribution in [3.8, 4) is 45.1 Å². The van der Waals surface area contributed by atoms with Gasteiger partial charge in [-0.1, -0.05) is 11.8 Å². The maximum atomic E-state index is 13.0. The smallest absolute Gasteiger partial charge is 0.270 e. The molecule has 11 heteroatoms. The fourth-order valence-corrected chi connectivity index (χ4v) is 5.36. The highest BCUT2D eigenvalue weighted by atomic mass is 32.2. The van der Waals surface area contributed by atoms with E-state index in [4.69, 9.17) is 14.2 Å². The van der Waals surface area contributed by atoms with E-state index in [1.54, 1.807) is 32.2 Å². The number of ether oxygens (including phenoxy) is 3. The Bertz CT molecular complexity index is 1550. The van der Waals surface area contributed by atoms with Crippen LogP contribution < -0.4 is 19.8 Å². The Morgan fingerprint density at radius 3 is 2.38 bits per heavy atom. The van der Waals surface area contributed by atoms with Crippen molar-refractivity contribution in [2.45, 2.75) is 12.1 Å². The highest BCUT2D eigenvalue weighted by Crippen LogP contribution is 2.33. The lowest BCUT2D eigenvalue weighted by atomic mass is 10.1. The molecule has 2 heterocycles. The van der Waals surface area contributed by atoms with Crippen LogP contribution in [0.2, 0.25) is 0 Å². The van der Waals surface area contributed by atoms with Gasteiger partial charge in [0.15, 0.2) is 22.4 Å². The zero-order chi connectivity index (χ0) is 26.5. The Labute approximate surface area is 221 Å². The average Bonchev–Trinajstić information content (AvgIpc) is 3.32. The van der Waals surface area contributed by atoms with E-state index >= 15 is 0 Å². The topological polar surface area (TPSA) is 127 Å². The quantitative estimate of drug-likeness (QED) is 0.184. The molecule has 0 bridgehead atoms. The molecule has 4 rings (SSSR count). The van der Waals surface area contributed by atoms with Crippen molar-refractivity contribution in [3.63, 3.8) is 0 Å². The summed E-state index contributed by atoms with van der Waals surface area (Å²) in [5.74, 6) is 1.57. The molecular weight excluding hydrogens is 512 g/mol. The van der Waals surface area contributed by atoms with Gasteiger partial charge in [-0.05, 0) is 49.4 Å². The number of Topliss-reactive ketones (excluding diaryl/α,β-unsaturated/α-hetero) is 1. The molecule has 0 radical (unpaired) electrons. The van der Waals surface area contributed by atoms with Crippen molar-refractivity contribution < 1.29 is 19.0 Å². The van der Waals surface area contributed by atoms with Crippen LogP contribution in [0, 0.1) is 18.3 Å². The number of nitrogens with one attached hydrogen (secondary N) is 1. The number of aromatic nitrogens is 3. The number of rotatable bonds is 9. The number of H-pyrrole nitrogens is 1. The first-order chi connectivity index (χ1) is 17.9. The number of aryl methyl sites for hydroxylation is 1. The van der Waals surface area contributed by atoms with E-state index in [-0.39, 0.29) is 27.9 Å². The van der Waals surface area contributed by atoms with Crippen molar-refractivity contribution in [2.24, 2.45) is 0 Å². The molecule has 1 N–H and O–H groups in total. The van der Waals surface area contributed by atoms with Crippen LogP contribution in [0.5, 0.6) is 17.2 Å². The Kier molecular flexibility index (Phi) is 7.91. The predicted molar refractivity (Wildman–Crippen MR) is 142 cm³/mol. The van der Waals surface area contributed by atoms with Gasteiger partial charge < -0.3 is 19.2 Å². The number of methoxy groups -OCH3 is 3. The van der Waals surface area contributed by atoms with E-state index in [2.05, 4.69) is 15.0 Å². The van der Waals surface area contributed by atoms with Gasteiger partial charge in [-0.15, -0.1) is 11.3 Å². The fraction of sp³-hybridized carbons (Fsp3) is 0.192. The number of nitrogens with zero attached hydrogens (tertiary/aromatic N) is 3. The van der Waals surface area contributed by atoms with Crippen LogP contribution in [-0.2, 0) is 0 Å². The molecule has 0 unspecified atom stereocenters. The molecule has 0 atom stereocenters. The zero-order valence-corrected chi connectivity index (χ0v) is 22.1. The standard InChI is InChI=1S/C26H22N4O5S2/c1-14-23(37-25(28-14)15-5-8-17(33-2)9-6-15)19(31)13-36-26-29-22(18(12-27)24(32)30-26)16-7-10-20(34-3)21(11-16)35-4/h5-11H,13H2,1-4H3,(H,29,30,32). The van der Waals surface area contributed by atoms with Crippen molar-refractivity contribution in [1.29, 1.82) is 5.26 Å². The minimum Gasteiger partial charge on any atom is -0.497 e. The number of thiazole rings is 1. The van der Waals surface area contributed by atoms with Crippen LogP contribution in [0.25, 0.3) is 21.8 Å². The second-order valence-corrected chi connectivity index (χ2v) is 9.61. The number of thioether (sulfide) groups is 1. The van der Waals surface area contributed by atoms with Crippen LogP contribution in [0.3, 0.4) is 0 Å². The van der Waals surface area contributed by atoms with E-state index in [0.29, 0.717) is 27.6 Å². The summed E-state index contributed by atoms with van der Waals surface area (Å²) in [6.45, 7) is 1.79. The van der Waals surface area contributed by atoms with Crippen LogP contribution in [-0.4, -0.2) is 47.8 Å². The first-order valence-corrected chi connectivity index (χ1v) is 12.7. The zero-order valence-electron chi connectivity index (χ0n) is 20.4. The number of ketones is 1. The molecule has 0 aliphatic heterocycles. The largest absolute Gasteiger partial charge is 0.497 e. The average molecular weight is 535 g/mol. The van der Waals surface area contributed by atoms with Gasteiger partial charge in [0.05, 0.1) is 43.3 Å². The molecule has 188 valence electrons. The lowest BCUT2D eigenvalue weighted by molar-refractivity contribution is 0.102. The number of nitriles is 1. The summed E-state index contributed by atoms with van der Waals surface area (Å²) < 4.78 is 15.8. The number of aromatic amines is 1. The molecule has 2 aromatic heterocycles. The maximum Gasteiger partial charge on any atom is 0.270 e. The Hall–Kier alpha value is -4.14. The Morgan fingerprint density at radius 2 is 1.73 bits per heavy atom. The highest BCUT2D eigenvalue weighted by Gasteiger charge is 2.19. The normalized spacial score (nSPS) is 10.6. The van der Waals surface area contributed by atoms with E-state index in [9.17, 15) is 14.9 Å². The number of carbonyl (C=O) groups is 1. The first kappa shape index (κ1) is 25.9. The second kappa shape index (κ2) is 11.3.